The van der Waals surface area contributed by atoms with Crippen LogP contribution in [-0.4, -0.2) is 58.1 Å². The molecular formula is C39H35FN4O5S. The van der Waals surface area contributed by atoms with Gasteiger partial charge in [0.2, 0.25) is 0 Å². The molecule has 9 nitrogen and oxygen atoms in total. The van der Waals surface area contributed by atoms with Gasteiger partial charge < -0.3 is 14.2 Å². The summed E-state index contributed by atoms with van der Waals surface area (Å²) in [6.45, 7) is 6.27. The van der Waals surface area contributed by atoms with E-state index in [-0.39, 0.29) is 35.7 Å². The van der Waals surface area contributed by atoms with Crippen molar-refractivity contribution < 1.29 is 23.4 Å². The molecule has 6 aromatic rings. The van der Waals surface area contributed by atoms with Crippen molar-refractivity contribution in [2.75, 3.05) is 32.9 Å². The van der Waals surface area contributed by atoms with Crippen molar-refractivity contribution in [3.05, 3.63) is 130 Å². The summed E-state index contributed by atoms with van der Waals surface area (Å²) in [6, 6.07) is 23.1. The summed E-state index contributed by atoms with van der Waals surface area (Å²) < 4.78 is 34.8. The molecule has 0 N–H and O–H groups in total. The minimum atomic E-state index is -0.560. The third-order valence-electron chi connectivity index (χ3n) is 8.49. The number of Topliss-reactive ketones (excluding diaryl/α,β-unsaturated/α-hetero) is 1. The summed E-state index contributed by atoms with van der Waals surface area (Å²) in [5.74, 6) is -0.157. The molecule has 254 valence electrons. The lowest BCUT2D eigenvalue weighted by molar-refractivity contribution is 0.0341. The van der Waals surface area contributed by atoms with Crippen molar-refractivity contribution in [2.24, 2.45) is 0 Å². The number of ketones is 1. The van der Waals surface area contributed by atoms with Gasteiger partial charge in [0, 0.05) is 56.4 Å². The lowest BCUT2D eigenvalue weighted by Crippen LogP contribution is -2.35. The summed E-state index contributed by atoms with van der Waals surface area (Å²) >= 11 is 1.49. The monoisotopic (exact) mass is 690 g/mol. The van der Waals surface area contributed by atoms with Gasteiger partial charge in [-0.1, -0.05) is 30.3 Å². The number of carbonyl (C=O) groups excluding carboxylic acids is 1. The Balaban J connectivity index is 1.04. The van der Waals surface area contributed by atoms with Gasteiger partial charge in [-0.15, -0.1) is 11.3 Å². The van der Waals surface area contributed by atoms with E-state index in [1.165, 1.54) is 22.0 Å². The predicted molar refractivity (Wildman–Crippen MR) is 191 cm³/mol. The average molecular weight is 691 g/mol. The fraction of sp³-hybridized carbons (Fsp3) is 0.231. The van der Waals surface area contributed by atoms with Crippen molar-refractivity contribution >= 4 is 27.3 Å². The molecule has 11 heteroatoms. The Labute approximate surface area is 292 Å². The smallest absolute Gasteiger partial charge is 0.269 e. The van der Waals surface area contributed by atoms with Crippen LogP contribution in [0.15, 0.2) is 102 Å². The Bertz CT molecular complexity index is 2180. The number of benzene rings is 2. The van der Waals surface area contributed by atoms with Gasteiger partial charge in [-0.25, -0.2) is 4.39 Å². The average Bonchev–Trinajstić information content (AvgIpc) is 3.59. The molecule has 0 aliphatic carbocycles. The van der Waals surface area contributed by atoms with E-state index in [2.05, 4.69) is 16.0 Å². The number of fused-ring (bicyclic) bond motifs is 1. The number of thiophene rings is 1. The molecule has 0 spiro atoms. The highest BCUT2D eigenvalue weighted by Gasteiger charge is 2.21. The van der Waals surface area contributed by atoms with Crippen LogP contribution in [0.5, 0.6) is 17.2 Å². The zero-order valence-corrected chi connectivity index (χ0v) is 28.3. The van der Waals surface area contributed by atoms with Gasteiger partial charge in [-0.05, 0) is 66.9 Å². The topological polar surface area (TPSA) is 95.8 Å². The number of para-hydroxylation sites is 1. The highest BCUT2D eigenvalue weighted by molar-refractivity contribution is 7.22. The van der Waals surface area contributed by atoms with Crippen LogP contribution in [0.3, 0.4) is 0 Å². The SMILES string of the molecule is CCOc1ccn(-c2ccccc2)c(=O)c1C(=O)CCc1ccc(Oc2ccnc3cc(-c4ccc(CN5CCOCC5)cn4)sc23)c(F)c1. The molecule has 4 aromatic heterocycles. The van der Waals surface area contributed by atoms with Gasteiger partial charge in [0.05, 0.1) is 40.6 Å². The molecule has 1 saturated heterocycles. The van der Waals surface area contributed by atoms with Crippen LogP contribution in [0.2, 0.25) is 0 Å². The van der Waals surface area contributed by atoms with Gasteiger partial charge in [0.15, 0.2) is 17.3 Å². The van der Waals surface area contributed by atoms with Crippen molar-refractivity contribution in [3.8, 4) is 33.5 Å². The molecule has 0 radical (unpaired) electrons. The Hall–Kier alpha value is -5.23. The Morgan fingerprint density at radius 1 is 0.940 bits per heavy atom. The van der Waals surface area contributed by atoms with E-state index in [1.54, 1.807) is 55.7 Å². The molecule has 1 aliphatic heterocycles. The van der Waals surface area contributed by atoms with E-state index < -0.39 is 11.4 Å². The zero-order chi connectivity index (χ0) is 34.5. The molecule has 50 heavy (non-hydrogen) atoms. The number of halogens is 1. The number of ether oxygens (including phenoxy) is 3. The van der Waals surface area contributed by atoms with Crippen molar-refractivity contribution in [2.45, 2.75) is 26.3 Å². The number of hydrogen-bond donors (Lipinski definition) is 0. The minimum absolute atomic E-state index is 0.00105. The van der Waals surface area contributed by atoms with E-state index in [9.17, 15) is 9.59 Å². The van der Waals surface area contributed by atoms with E-state index in [0.717, 1.165) is 59.2 Å². The maximum Gasteiger partial charge on any atom is 0.269 e. The van der Waals surface area contributed by atoms with Crippen LogP contribution in [0.4, 0.5) is 4.39 Å². The van der Waals surface area contributed by atoms with Crippen LogP contribution in [0, 0.1) is 5.82 Å². The number of pyridine rings is 3. The van der Waals surface area contributed by atoms with Gasteiger partial charge in [0.25, 0.3) is 5.56 Å². The number of carbonyl (C=O) groups is 1. The summed E-state index contributed by atoms with van der Waals surface area (Å²) in [6.07, 6.45) is 5.37. The molecular weight excluding hydrogens is 656 g/mol. The van der Waals surface area contributed by atoms with Crippen LogP contribution >= 0.6 is 11.3 Å². The lowest BCUT2D eigenvalue weighted by atomic mass is 10.0. The molecule has 1 fully saturated rings. The van der Waals surface area contributed by atoms with E-state index in [1.807, 2.05) is 36.5 Å². The third kappa shape index (κ3) is 7.35. The molecule has 0 unspecified atom stereocenters. The number of aryl methyl sites for hydroxylation is 1. The van der Waals surface area contributed by atoms with E-state index in [0.29, 0.717) is 23.6 Å². The molecule has 0 amide bonds. The molecule has 7 rings (SSSR count). The zero-order valence-electron chi connectivity index (χ0n) is 27.5. The fourth-order valence-corrected chi connectivity index (χ4v) is 6.97. The summed E-state index contributed by atoms with van der Waals surface area (Å²) in [5.41, 5.74) is 3.47. The molecule has 1 aliphatic rings. The normalized spacial score (nSPS) is 13.4. The maximum absolute atomic E-state index is 15.4. The second-order valence-corrected chi connectivity index (χ2v) is 12.9. The fourth-order valence-electron chi connectivity index (χ4n) is 5.93. The number of aromatic nitrogens is 3. The second-order valence-electron chi connectivity index (χ2n) is 11.9. The molecule has 5 heterocycles. The number of hydrogen-bond acceptors (Lipinski definition) is 9. The summed E-state index contributed by atoms with van der Waals surface area (Å²) in [5, 5.41) is 0. The van der Waals surface area contributed by atoms with Gasteiger partial charge in [-0.2, -0.15) is 0 Å². The van der Waals surface area contributed by atoms with Crippen molar-refractivity contribution in [1.29, 1.82) is 0 Å². The Morgan fingerprint density at radius 3 is 2.52 bits per heavy atom. The molecule has 0 saturated carbocycles. The maximum atomic E-state index is 15.4. The molecule has 2 aromatic carbocycles. The van der Waals surface area contributed by atoms with Gasteiger partial charge in [-0.3, -0.25) is 29.0 Å². The lowest BCUT2D eigenvalue weighted by Gasteiger charge is -2.26. The van der Waals surface area contributed by atoms with Crippen molar-refractivity contribution in [1.82, 2.24) is 19.4 Å². The van der Waals surface area contributed by atoms with E-state index in [4.69, 9.17) is 19.2 Å². The molecule has 0 bridgehead atoms. The number of rotatable bonds is 12. The van der Waals surface area contributed by atoms with Crippen molar-refractivity contribution in [3.63, 3.8) is 0 Å². The number of morpholine rings is 1. The Kier molecular flexibility index (Phi) is 10.1. The second kappa shape index (κ2) is 15.1. The largest absolute Gasteiger partial charge is 0.493 e. The first-order valence-electron chi connectivity index (χ1n) is 16.5. The van der Waals surface area contributed by atoms with Crippen LogP contribution < -0.4 is 15.0 Å². The quantitative estimate of drug-likeness (QED) is 0.122. The first kappa shape index (κ1) is 33.3. The molecule has 0 atom stereocenters. The van der Waals surface area contributed by atoms with Crippen LogP contribution in [0.25, 0.3) is 26.5 Å². The number of nitrogens with zero attached hydrogens (tertiary/aromatic N) is 4. The summed E-state index contributed by atoms with van der Waals surface area (Å²) in [4.78, 5) is 39.3. The van der Waals surface area contributed by atoms with E-state index >= 15 is 4.39 Å². The van der Waals surface area contributed by atoms with Gasteiger partial charge >= 0.3 is 0 Å². The first-order chi connectivity index (χ1) is 24.5. The standard InChI is InChI=1S/C39H35FN4O5S/c1-2-48-34-15-17-44(28-6-4-3-5-7-28)39(46)37(34)32(45)12-9-26-10-13-33(29(40)22-26)49-35-14-16-41-31-23-36(50-38(31)35)30-11-8-27(24-42-30)25-43-18-20-47-21-19-43/h3-8,10-11,13-17,22-24H,2,9,12,18-21,25H2,1H3. The Morgan fingerprint density at radius 2 is 1.76 bits per heavy atom. The third-order valence-corrected chi connectivity index (χ3v) is 9.65. The first-order valence-corrected chi connectivity index (χ1v) is 17.4. The highest BCUT2D eigenvalue weighted by Crippen LogP contribution is 2.39. The van der Waals surface area contributed by atoms with Crippen LogP contribution in [0.1, 0.15) is 34.8 Å². The predicted octanol–water partition coefficient (Wildman–Crippen LogP) is 7.49. The van der Waals surface area contributed by atoms with Crippen LogP contribution in [-0.2, 0) is 17.7 Å². The summed E-state index contributed by atoms with van der Waals surface area (Å²) in [7, 11) is 0. The minimum Gasteiger partial charge on any atom is -0.493 e. The highest BCUT2D eigenvalue weighted by atomic mass is 32.1. The van der Waals surface area contributed by atoms with Gasteiger partial charge in [0.1, 0.15) is 17.1 Å².